The molecule has 21 heavy (non-hydrogen) atoms. The molecule has 0 aromatic heterocycles. The highest BCUT2D eigenvalue weighted by Crippen LogP contribution is 2.37. The number of hydrogen-bond donors (Lipinski definition) is 1. The molecule has 0 aliphatic carbocycles. The molecule has 2 aromatic carbocycles. The number of benzene rings is 2. The third-order valence-corrected chi connectivity index (χ3v) is 3.98. The maximum atomic E-state index is 14.5. The van der Waals surface area contributed by atoms with Crippen LogP contribution >= 0.6 is 0 Å². The topological polar surface area (TPSA) is 32.5 Å². The number of likely N-dealkylation sites (N-methyl/N-ethyl adjacent to an activating group) is 1. The fourth-order valence-corrected chi connectivity index (χ4v) is 2.85. The van der Waals surface area contributed by atoms with Crippen molar-refractivity contribution >= 4 is 17.1 Å². The second-order valence-electron chi connectivity index (χ2n) is 5.39. The first-order valence-corrected chi connectivity index (χ1v) is 7.27. The van der Waals surface area contributed by atoms with Gasteiger partial charge in [0.05, 0.1) is 17.1 Å². The standard InChI is InChI=1S/C17H20FN3/c1-20-10-11-21(17-5-3-2-4-16(17)20)15-7-6-13(8-9-19)12-14(15)18/h2-7,12H,8-11,19H2,1H3. The van der Waals surface area contributed by atoms with Crippen molar-refractivity contribution in [1.82, 2.24) is 0 Å². The second-order valence-corrected chi connectivity index (χ2v) is 5.39. The lowest BCUT2D eigenvalue weighted by Gasteiger charge is -2.37. The Balaban J connectivity index is 2.00. The van der Waals surface area contributed by atoms with Crippen LogP contribution in [0.3, 0.4) is 0 Å². The van der Waals surface area contributed by atoms with Gasteiger partial charge in [0.2, 0.25) is 0 Å². The van der Waals surface area contributed by atoms with E-state index in [2.05, 4.69) is 22.9 Å². The van der Waals surface area contributed by atoms with Gasteiger partial charge in [-0.2, -0.15) is 0 Å². The molecule has 2 aromatic rings. The third kappa shape index (κ3) is 2.59. The molecule has 2 N–H and O–H groups in total. The van der Waals surface area contributed by atoms with E-state index < -0.39 is 0 Å². The van der Waals surface area contributed by atoms with E-state index in [0.717, 1.165) is 30.0 Å². The van der Waals surface area contributed by atoms with Crippen LogP contribution in [0.15, 0.2) is 42.5 Å². The predicted molar refractivity (Wildman–Crippen MR) is 85.9 cm³/mol. The van der Waals surface area contributed by atoms with E-state index in [-0.39, 0.29) is 5.82 Å². The molecule has 1 aliphatic heterocycles. The van der Waals surface area contributed by atoms with Crippen LogP contribution in [0.1, 0.15) is 5.56 Å². The monoisotopic (exact) mass is 285 g/mol. The largest absolute Gasteiger partial charge is 0.371 e. The van der Waals surface area contributed by atoms with E-state index >= 15 is 0 Å². The Kier molecular flexibility index (Phi) is 3.80. The van der Waals surface area contributed by atoms with Crippen LogP contribution in [0.4, 0.5) is 21.5 Å². The lowest BCUT2D eigenvalue weighted by molar-refractivity contribution is 0.621. The second kappa shape index (κ2) is 5.74. The molecule has 0 spiro atoms. The zero-order valence-corrected chi connectivity index (χ0v) is 12.2. The molecule has 1 aliphatic rings. The highest BCUT2D eigenvalue weighted by atomic mass is 19.1. The number of nitrogens with two attached hydrogens (primary N) is 1. The van der Waals surface area contributed by atoms with Crippen LogP contribution in [0.25, 0.3) is 0 Å². The molecule has 0 fully saturated rings. The van der Waals surface area contributed by atoms with Crippen LogP contribution in [-0.4, -0.2) is 26.7 Å². The maximum Gasteiger partial charge on any atom is 0.147 e. The fourth-order valence-electron chi connectivity index (χ4n) is 2.85. The van der Waals surface area contributed by atoms with Crippen molar-refractivity contribution < 1.29 is 4.39 Å². The SMILES string of the molecule is CN1CCN(c2ccc(CCN)cc2F)c2ccccc21. The molecule has 1 heterocycles. The summed E-state index contributed by atoms with van der Waals surface area (Å²) in [6, 6.07) is 13.5. The summed E-state index contributed by atoms with van der Waals surface area (Å²) in [5, 5.41) is 0. The van der Waals surface area contributed by atoms with Crippen molar-refractivity contribution in [3.63, 3.8) is 0 Å². The van der Waals surface area contributed by atoms with Gasteiger partial charge in [-0.3, -0.25) is 0 Å². The van der Waals surface area contributed by atoms with Gasteiger partial charge in [-0.1, -0.05) is 18.2 Å². The molecule has 0 bridgehead atoms. The average molecular weight is 285 g/mol. The summed E-state index contributed by atoms with van der Waals surface area (Å²) in [6.45, 7) is 2.19. The lowest BCUT2D eigenvalue weighted by Crippen LogP contribution is -2.36. The van der Waals surface area contributed by atoms with Crippen molar-refractivity contribution in [1.29, 1.82) is 0 Å². The Bertz CT molecular complexity index is 642. The lowest BCUT2D eigenvalue weighted by atomic mass is 10.1. The van der Waals surface area contributed by atoms with Gasteiger partial charge in [0.15, 0.2) is 0 Å². The van der Waals surface area contributed by atoms with E-state index in [4.69, 9.17) is 5.73 Å². The Hall–Kier alpha value is -2.07. The van der Waals surface area contributed by atoms with Crippen molar-refractivity contribution in [3.05, 3.63) is 53.8 Å². The predicted octanol–water partition coefficient (Wildman–Crippen LogP) is 2.91. The van der Waals surface area contributed by atoms with E-state index in [0.29, 0.717) is 18.7 Å². The summed E-state index contributed by atoms with van der Waals surface area (Å²) in [4.78, 5) is 4.25. The van der Waals surface area contributed by atoms with Crippen LogP contribution in [0.2, 0.25) is 0 Å². The maximum absolute atomic E-state index is 14.5. The molecule has 0 radical (unpaired) electrons. The highest BCUT2D eigenvalue weighted by molar-refractivity contribution is 5.79. The molecule has 110 valence electrons. The molecule has 0 unspecified atom stereocenters. The van der Waals surface area contributed by atoms with Crippen LogP contribution in [0.5, 0.6) is 0 Å². The molecular formula is C17H20FN3. The Morgan fingerprint density at radius 3 is 2.52 bits per heavy atom. The summed E-state index contributed by atoms with van der Waals surface area (Å²) < 4.78 is 14.5. The quantitative estimate of drug-likeness (QED) is 0.941. The molecule has 0 amide bonds. The van der Waals surface area contributed by atoms with Gasteiger partial charge in [-0.05, 0) is 42.8 Å². The zero-order chi connectivity index (χ0) is 14.8. The highest BCUT2D eigenvalue weighted by Gasteiger charge is 2.22. The Morgan fingerprint density at radius 2 is 1.81 bits per heavy atom. The van der Waals surface area contributed by atoms with Gasteiger partial charge in [0.1, 0.15) is 5.82 Å². The van der Waals surface area contributed by atoms with Gasteiger partial charge in [0, 0.05) is 20.1 Å². The number of nitrogens with zero attached hydrogens (tertiary/aromatic N) is 2. The van der Waals surface area contributed by atoms with Crippen LogP contribution in [-0.2, 0) is 6.42 Å². The first-order valence-electron chi connectivity index (χ1n) is 7.27. The molecule has 0 saturated heterocycles. The van der Waals surface area contributed by atoms with Crippen molar-refractivity contribution in [2.45, 2.75) is 6.42 Å². The molecular weight excluding hydrogens is 265 g/mol. The Labute approximate surface area is 124 Å². The van der Waals surface area contributed by atoms with E-state index in [9.17, 15) is 4.39 Å². The van der Waals surface area contributed by atoms with Crippen molar-refractivity contribution in [2.24, 2.45) is 5.73 Å². The van der Waals surface area contributed by atoms with Gasteiger partial charge < -0.3 is 15.5 Å². The van der Waals surface area contributed by atoms with E-state index in [1.165, 1.54) is 0 Å². The molecule has 3 rings (SSSR count). The minimum absolute atomic E-state index is 0.180. The fraction of sp³-hybridized carbons (Fsp3) is 0.294. The third-order valence-electron chi connectivity index (χ3n) is 3.98. The summed E-state index contributed by atoms with van der Waals surface area (Å²) in [7, 11) is 2.07. The first kappa shape index (κ1) is 13.9. The molecule has 4 heteroatoms. The zero-order valence-electron chi connectivity index (χ0n) is 12.2. The average Bonchev–Trinajstić information content (AvgIpc) is 2.49. The first-order chi connectivity index (χ1) is 10.2. The van der Waals surface area contributed by atoms with Gasteiger partial charge in [-0.25, -0.2) is 4.39 Å². The van der Waals surface area contributed by atoms with E-state index in [1.807, 2.05) is 30.3 Å². The molecule has 3 nitrogen and oxygen atoms in total. The number of halogens is 1. The number of hydrogen-bond acceptors (Lipinski definition) is 3. The van der Waals surface area contributed by atoms with Crippen molar-refractivity contribution in [2.75, 3.05) is 36.5 Å². The summed E-state index contributed by atoms with van der Waals surface area (Å²) >= 11 is 0. The number of rotatable bonds is 3. The number of fused-ring (bicyclic) bond motifs is 1. The van der Waals surface area contributed by atoms with Crippen molar-refractivity contribution in [3.8, 4) is 0 Å². The minimum atomic E-state index is -0.180. The minimum Gasteiger partial charge on any atom is -0.371 e. The smallest absolute Gasteiger partial charge is 0.147 e. The van der Waals surface area contributed by atoms with Gasteiger partial charge >= 0.3 is 0 Å². The molecule has 0 saturated carbocycles. The summed E-state index contributed by atoms with van der Waals surface area (Å²) in [6.07, 6.45) is 0.705. The van der Waals surface area contributed by atoms with Crippen LogP contribution < -0.4 is 15.5 Å². The van der Waals surface area contributed by atoms with E-state index in [1.54, 1.807) is 6.07 Å². The Morgan fingerprint density at radius 1 is 1.05 bits per heavy atom. The molecule has 0 atom stereocenters. The van der Waals surface area contributed by atoms with Gasteiger partial charge in [0.25, 0.3) is 0 Å². The summed E-state index contributed by atoms with van der Waals surface area (Å²) in [5.41, 5.74) is 9.30. The normalized spacial score (nSPS) is 14.2. The number of para-hydroxylation sites is 2. The van der Waals surface area contributed by atoms with Crippen LogP contribution in [0, 0.1) is 5.82 Å². The summed E-state index contributed by atoms with van der Waals surface area (Å²) in [5.74, 6) is -0.180. The number of anilines is 3. The van der Waals surface area contributed by atoms with Gasteiger partial charge in [-0.15, -0.1) is 0 Å².